The third-order valence-corrected chi connectivity index (χ3v) is 3.63. The highest BCUT2D eigenvalue weighted by molar-refractivity contribution is 7.10. The van der Waals surface area contributed by atoms with Crippen LogP contribution in [-0.4, -0.2) is 13.1 Å². The molecule has 0 saturated heterocycles. The lowest BCUT2D eigenvalue weighted by Crippen LogP contribution is -2.25. The summed E-state index contributed by atoms with van der Waals surface area (Å²) < 4.78 is 37.5. The van der Waals surface area contributed by atoms with E-state index in [1.165, 1.54) is 16.7 Å². The molecule has 0 fully saturated rings. The summed E-state index contributed by atoms with van der Waals surface area (Å²) in [4.78, 5) is 0.886. The predicted molar refractivity (Wildman–Crippen MR) is 49.6 cm³/mol. The van der Waals surface area contributed by atoms with Crippen molar-refractivity contribution in [3.8, 4) is 0 Å². The quantitative estimate of drug-likeness (QED) is 0.768. The monoisotopic (exact) mass is 221 g/mol. The van der Waals surface area contributed by atoms with Crippen molar-refractivity contribution < 1.29 is 13.2 Å². The minimum atomic E-state index is -4.19. The van der Waals surface area contributed by atoms with Crippen LogP contribution in [0, 0.1) is 0 Å². The minimum absolute atomic E-state index is 0.179. The van der Waals surface area contributed by atoms with E-state index in [4.69, 9.17) is 0 Å². The zero-order valence-electron chi connectivity index (χ0n) is 7.61. The molecule has 0 radical (unpaired) electrons. The van der Waals surface area contributed by atoms with Crippen LogP contribution in [-0.2, 0) is 19.0 Å². The Labute approximate surface area is 83.9 Å². The van der Waals surface area contributed by atoms with Crippen LogP contribution in [0.25, 0.3) is 0 Å². The van der Waals surface area contributed by atoms with Gasteiger partial charge in [-0.2, -0.15) is 13.2 Å². The molecule has 2 rings (SSSR count). The molecule has 1 unspecified atom stereocenters. The molecule has 0 saturated carbocycles. The van der Waals surface area contributed by atoms with Gasteiger partial charge < -0.3 is 5.32 Å². The average Bonchev–Trinajstić information content (AvgIpc) is 2.57. The van der Waals surface area contributed by atoms with Gasteiger partial charge in [0.1, 0.15) is 0 Å². The van der Waals surface area contributed by atoms with E-state index in [9.17, 15) is 13.2 Å². The van der Waals surface area contributed by atoms with Crippen molar-refractivity contribution in [2.75, 3.05) is 7.05 Å². The molecule has 1 aromatic heterocycles. The number of thiophene rings is 1. The molecule has 1 aromatic rings. The first kappa shape index (κ1) is 9.98. The second-order valence-electron chi connectivity index (χ2n) is 3.44. The molecule has 0 aromatic carbocycles. The Morgan fingerprint density at radius 1 is 1.43 bits per heavy atom. The van der Waals surface area contributed by atoms with E-state index in [-0.39, 0.29) is 6.04 Å². The average molecular weight is 221 g/mol. The summed E-state index contributed by atoms with van der Waals surface area (Å²) in [5.74, 6) is 0. The third-order valence-electron chi connectivity index (χ3n) is 2.58. The van der Waals surface area contributed by atoms with Crippen LogP contribution >= 0.6 is 11.3 Å². The lowest BCUT2D eigenvalue weighted by atomic mass is 10.1. The largest absolute Gasteiger partial charge is 0.417 e. The van der Waals surface area contributed by atoms with Crippen molar-refractivity contribution in [3.63, 3.8) is 0 Å². The Kier molecular flexibility index (Phi) is 2.31. The Bertz CT molecular complexity index is 342. The van der Waals surface area contributed by atoms with Crippen molar-refractivity contribution in [3.05, 3.63) is 21.4 Å². The van der Waals surface area contributed by atoms with Gasteiger partial charge in [0.2, 0.25) is 0 Å². The summed E-state index contributed by atoms with van der Waals surface area (Å²) in [6.45, 7) is 0. The van der Waals surface area contributed by atoms with Crippen LogP contribution in [0.5, 0.6) is 0 Å². The molecule has 1 N–H and O–H groups in total. The zero-order valence-corrected chi connectivity index (χ0v) is 8.43. The van der Waals surface area contributed by atoms with E-state index >= 15 is 0 Å². The third kappa shape index (κ3) is 1.54. The molecule has 1 aliphatic carbocycles. The molecule has 1 heterocycles. The number of fused-ring (bicyclic) bond motifs is 1. The SMILES string of the molecule is CNC1Cc2scc(C(F)(F)F)c2C1. The smallest absolute Gasteiger partial charge is 0.316 e. The normalized spacial score (nSPS) is 21.3. The van der Waals surface area contributed by atoms with Crippen LogP contribution in [0.15, 0.2) is 5.38 Å². The second kappa shape index (κ2) is 3.24. The first-order valence-electron chi connectivity index (χ1n) is 4.36. The number of alkyl halides is 3. The second-order valence-corrected chi connectivity index (χ2v) is 4.41. The maximum absolute atomic E-state index is 12.5. The molecule has 1 aliphatic rings. The molecule has 0 spiro atoms. The standard InChI is InChI=1S/C9H10F3NS/c1-13-5-2-6-7(9(10,11)12)4-14-8(6)3-5/h4-5,13H,2-3H2,1H3. The molecule has 78 valence electrons. The lowest BCUT2D eigenvalue weighted by molar-refractivity contribution is -0.137. The number of halogens is 3. The Hall–Kier alpha value is -0.550. The number of rotatable bonds is 1. The van der Waals surface area contributed by atoms with Crippen molar-refractivity contribution >= 4 is 11.3 Å². The summed E-state index contributed by atoms with van der Waals surface area (Å²) in [6, 6.07) is 0.179. The fourth-order valence-electron chi connectivity index (χ4n) is 1.80. The van der Waals surface area contributed by atoms with Crippen LogP contribution in [0.3, 0.4) is 0 Å². The van der Waals surface area contributed by atoms with E-state index in [2.05, 4.69) is 5.32 Å². The number of hydrogen-bond acceptors (Lipinski definition) is 2. The van der Waals surface area contributed by atoms with E-state index < -0.39 is 11.7 Å². The summed E-state index contributed by atoms with van der Waals surface area (Å²) in [7, 11) is 1.79. The number of hydrogen-bond donors (Lipinski definition) is 1. The van der Waals surface area contributed by atoms with E-state index in [0.717, 1.165) is 11.3 Å². The predicted octanol–water partition coefficient (Wildman–Crippen LogP) is 2.45. The fourth-order valence-corrected chi connectivity index (χ4v) is 2.97. The summed E-state index contributed by atoms with van der Waals surface area (Å²) in [5.41, 5.74) is 0.0668. The summed E-state index contributed by atoms with van der Waals surface area (Å²) >= 11 is 1.22. The first-order chi connectivity index (χ1) is 6.52. The van der Waals surface area contributed by atoms with Crippen molar-refractivity contribution in [1.29, 1.82) is 0 Å². The van der Waals surface area contributed by atoms with Crippen molar-refractivity contribution in [2.45, 2.75) is 25.1 Å². The molecule has 1 atom stereocenters. The van der Waals surface area contributed by atoms with Gasteiger partial charge in [-0.05, 0) is 25.5 Å². The highest BCUT2D eigenvalue weighted by atomic mass is 32.1. The lowest BCUT2D eigenvalue weighted by Gasteiger charge is -2.08. The van der Waals surface area contributed by atoms with Crippen LogP contribution < -0.4 is 5.32 Å². The van der Waals surface area contributed by atoms with E-state index in [1.54, 1.807) is 7.05 Å². The van der Waals surface area contributed by atoms with Crippen molar-refractivity contribution in [2.24, 2.45) is 0 Å². The van der Waals surface area contributed by atoms with Gasteiger partial charge in [-0.15, -0.1) is 11.3 Å². The highest BCUT2D eigenvalue weighted by Crippen LogP contribution is 2.40. The van der Waals surface area contributed by atoms with Gasteiger partial charge in [0.05, 0.1) is 5.56 Å². The zero-order chi connectivity index (χ0) is 10.3. The maximum atomic E-state index is 12.5. The first-order valence-corrected chi connectivity index (χ1v) is 5.24. The molecule has 0 aliphatic heterocycles. The van der Waals surface area contributed by atoms with Gasteiger partial charge in [-0.25, -0.2) is 0 Å². The van der Waals surface area contributed by atoms with Gasteiger partial charge in [-0.1, -0.05) is 0 Å². The van der Waals surface area contributed by atoms with Crippen LogP contribution in [0.2, 0.25) is 0 Å². The summed E-state index contributed by atoms with van der Waals surface area (Å²) in [5, 5.41) is 4.25. The van der Waals surface area contributed by atoms with Gasteiger partial charge in [-0.3, -0.25) is 0 Å². The van der Waals surface area contributed by atoms with Crippen LogP contribution in [0.4, 0.5) is 13.2 Å². The molecular weight excluding hydrogens is 211 g/mol. The number of nitrogens with one attached hydrogen (secondary N) is 1. The molecule has 0 amide bonds. The van der Waals surface area contributed by atoms with Gasteiger partial charge in [0.25, 0.3) is 0 Å². The molecular formula is C9H10F3NS. The summed E-state index contributed by atoms with van der Waals surface area (Å²) in [6.07, 6.45) is -2.95. The van der Waals surface area contributed by atoms with E-state index in [0.29, 0.717) is 12.0 Å². The molecule has 14 heavy (non-hydrogen) atoms. The molecule has 0 bridgehead atoms. The fraction of sp³-hybridized carbons (Fsp3) is 0.556. The van der Waals surface area contributed by atoms with Gasteiger partial charge >= 0.3 is 6.18 Å². The molecule has 1 nitrogen and oxygen atoms in total. The Morgan fingerprint density at radius 2 is 2.14 bits per heavy atom. The maximum Gasteiger partial charge on any atom is 0.417 e. The molecule has 5 heteroatoms. The van der Waals surface area contributed by atoms with Crippen LogP contribution in [0.1, 0.15) is 16.0 Å². The topological polar surface area (TPSA) is 12.0 Å². The number of likely N-dealkylation sites (N-methyl/N-ethyl adjacent to an activating group) is 1. The Balaban J connectivity index is 2.32. The van der Waals surface area contributed by atoms with Gasteiger partial charge in [0.15, 0.2) is 0 Å². The van der Waals surface area contributed by atoms with Gasteiger partial charge in [0, 0.05) is 16.3 Å². The van der Waals surface area contributed by atoms with E-state index in [1.807, 2.05) is 0 Å². The highest BCUT2D eigenvalue weighted by Gasteiger charge is 2.38. The van der Waals surface area contributed by atoms with Crippen molar-refractivity contribution in [1.82, 2.24) is 5.32 Å². The Morgan fingerprint density at radius 3 is 2.71 bits per heavy atom. The minimum Gasteiger partial charge on any atom is -0.316 e.